The molecule has 2 atom stereocenters. The van der Waals surface area contributed by atoms with Gasteiger partial charge in [-0.1, -0.05) is 0 Å². The molecule has 0 spiro atoms. The number of imide groups is 1. The molecule has 2 bridgehead atoms. The van der Waals surface area contributed by atoms with Crippen LogP contribution in [-0.4, -0.2) is 46.3 Å². The van der Waals surface area contributed by atoms with Crippen LogP contribution in [0.4, 0.5) is 9.18 Å². The number of rotatable bonds is 3. The van der Waals surface area contributed by atoms with Crippen LogP contribution < -0.4 is 8.64 Å². The maximum atomic E-state index is 13.3. The van der Waals surface area contributed by atoms with Crippen LogP contribution in [0, 0.1) is 5.82 Å². The Balaban J connectivity index is 1.65. The first kappa shape index (κ1) is 17.5. The van der Waals surface area contributed by atoms with Gasteiger partial charge in [-0.2, -0.15) is 0 Å². The molecule has 1 N–H and O–H groups in total. The first-order valence-electron chi connectivity index (χ1n) is 8.25. The molecular formula is C18H11FInNO4S2. The van der Waals surface area contributed by atoms with E-state index in [9.17, 15) is 22.4 Å². The third-order valence-corrected chi connectivity index (χ3v) is 23.2. The number of carbonyl (C=O) groups is 2. The van der Waals surface area contributed by atoms with Crippen molar-refractivity contribution in [3.63, 3.8) is 0 Å². The average molecular weight is 503 g/mol. The second-order valence-electron chi connectivity index (χ2n) is 6.64. The number of carbonyl (C=O) groups excluding carboxylic acids is 2. The molecule has 4 aliphatic heterocycles. The Hall–Kier alpha value is -1.58. The summed E-state index contributed by atoms with van der Waals surface area (Å²) >= 11 is -2.12. The number of thioether (sulfide) groups is 1. The van der Waals surface area contributed by atoms with Gasteiger partial charge in [0.25, 0.3) is 0 Å². The summed E-state index contributed by atoms with van der Waals surface area (Å²) in [6.45, 7) is 0. The van der Waals surface area contributed by atoms with Crippen LogP contribution in [0.3, 0.4) is 0 Å². The molecule has 0 radical (unpaired) electrons. The Kier molecular flexibility index (Phi) is 3.86. The van der Waals surface area contributed by atoms with Crippen molar-refractivity contribution < 1.29 is 22.4 Å². The zero-order valence-corrected chi connectivity index (χ0v) is 18.6. The number of hydrogen-bond acceptors (Lipinski definition) is 5. The van der Waals surface area contributed by atoms with Crippen LogP contribution >= 0.6 is 11.8 Å². The molecule has 0 saturated carbocycles. The average Bonchev–Trinajstić information content (AvgIpc) is 3.23. The Morgan fingerprint density at radius 1 is 1.04 bits per heavy atom. The summed E-state index contributed by atoms with van der Waals surface area (Å²) in [4.78, 5) is 23.9. The van der Waals surface area contributed by atoms with Crippen molar-refractivity contribution in [1.82, 2.24) is 5.32 Å². The molecule has 2 aromatic carbocycles. The Morgan fingerprint density at radius 3 is 2.37 bits per heavy atom. The third-order valence-electron chi connectivity index (χ3n) is 5.28. The molecule has 2 unspecified atom stereocenters. The number of halogens is 1. The van der Waals surface area contributed by atoms with Gasteiger partial charge in [-0.25, -0.2) is 0 Å². The minimum absolute atomic E-state index is 0.0731. The summed E-state index contributed by atoms with van der Waals surface area (Å²) in [5, 5.41) is 1.38. The van der Waals surface area contributed by atoms with Crippen LogP contribution in [0.5, 0.6) is 0 Å². The number of sulfone groups is 1. The predicted molar refractivity (Wildman–Crippen MR) is 101 cm³/mol. The summed E-state index contributed by atoms with van der Waals surface area (Å²) in [6, 6.07) is 12.4. The number of amides is 2. The van der Waals surface area contributed by atoms with Crippen molar-refractivity contribution in [2.45, 2.75) is 13.8 Å². The standard InChI is InChI=1S/C18H11FNO4S2.In/c19-14-6-8-15(9-7-14)26(23,24)11-13(12-4-2-1-3-5-12)10-16-17(21)20-18(22)25-16;/h1-4,6-10,16H,(H,20,21,22);. The molecule has 27 heavy (non-hydrogen) atoms. The Morgan fingerprint density at radius 2 is 1.74 bits per heavy atom. The summed E-state index contributed by atoms with van der Waals surface area (Å²) in [5.74, 6) is -0.828. The molecule has 4 heterocycles. The van der Waals surface area contributed by atoms with Crippen LogP contribution in [0.15, 0.2) is 56.1 Å². The summed E-state index contributed by atoms with van der Waals surface area (Å²) in [7, 11) is -3.74. The number of hydrogen-bond donors (Lipinski definition) is 1. The van der Waals surface area contributed by atoms with Crippen molar-refractivity contribution in [3.8, 4) is 0 Å². The summed E-state index contributed by atoms with van der Waals surface area (Å²) < 4.78 is 41.1. The van der Waals surface area contributed by atoms with Crippen molar-refractivity contribution in [2.75, 3.05) is 0 Å². The van der Waals surface area contributed by atoms with Gasteiger partial charge in [-0.15, -0.1) is 0 Å². The number of nitrogens with one attached hydrogen (secondary N) is 1. The van der Waals surface area contributed by atoms with E-state index < -0.39 is 42.3 Å². The zero-order valence-electron chi connectivity index (χ0n) is 13.7. The molecule has 0 aliphatic carbocycles. The summed E-state index contributed by atoms with van der Waals surface area (Å²) in [6.07, 6.45) is 0. The topological polar surface area (TPSA) is 80.3 Å². The molecule has 9 heteroatoms. The monoisotopic (exact) mass is 503 g/mol. The van der Waals surface area contributed by atoms with E-state index in [0.29, 0.717) is 8.23 Å². The molecule has 2 aromatic rings. The van der Waals surface area contributed by atoms with Gasteiger partial charge in [0, 0.05) is 0 Å². The third kappa shape index (κ3) is 2.41. The minimum atomic E-state index is -3.74. The van der Waals surface area contributed by atoms with Gasteiger partial charge in [0.1, 0.15) is 0 Å². The van der Waals surface area contributed by atoms with Gasteiger partial charge in [0.2, 0.25) is 0 Å². The van der Waals surface area contributed by atoms with Crippen molar-refractivity contribution >= 4 is 63.1 Å². The predicted octanol–water partition coefficient (Wildman–Crippen LogP) is 2.00. The molecule has 134 valence electrons. The van der Waals surface area contributed by atoms with Crippen LogP contribution in [-0.2, 0) is 14.6 Å². The second-order valence-corrected chi connectivity index (χ2v) is 19.1. The molecule has 1 fully saturated rings. The first-order chi connectivity index (χ1) is 12.9. The fraction of sp³-hybridized carbons (Fsp3) is 0.111. The Bertz CT molecular complexity index is 1160. The molecular weight excluding hydrogens is 492 g/mol. The van der Waals surface area contributed by atoms with E-state index in [1.807, 2.05) is 24.3 Å². The quantitative estimate of drug-likeness (QED) is 0.649. The van der Waals surface area contributed by atoms with Crippen LogP contribution in [0.25, 0.3) is 5.57 Å². The normalized spacial score (nSPS) is 23.4. The van der Waals surface area contributed by atoms with Gasteiger partial charge >= 0.3 is 167 Å². The Labute approximate surface area is 166 Å². The zero-order chi connectivity index (χ0) is 18.9. The van der Waals surface area contributed by atoms with Gasteiger partial charge in [0.05, 0.1) is 0 Å². The second kappa shape index (κ2) is 5.96. The molecule has 6 rings (SSSR count). The fourth-order valence-electron chi connectivity index (χ4n) is 4.21. The van der Waals surface area contributed by atoms with E-state index >= 15 is 0 Å². The van der Waals surface area contributed by atoms with E-state index in [1.165, 1.54) is 12.1 Å². The summed E-state index contributed by atoms with van der Waals surface area (Å²) in [5.41, 5.74) is 1.59. The van der Waals surface area contributed by atoms with Crippen molar-refractivity contribution in [1.29, 1.82) is 0 Å². The van der Waals surface area contributed by atoms with Crippen molar-refractivity contribution in [3.05, 3.63) is 62.6 Å². The molecule has 2 amide bonds. The van der Waals surface area contributed by atoms with Crippen LogP contribution in [0.2, 0.25) is 3.67 Å². The number of benzene rings is 2. The van der Waals surface area contributed by atoms with E-state index in [-0.39, 0.29) is 19.7 Å². The van der Waals surface area contributed by atoms with Gasteiger partial charge in [-0.05, 0) is 0 Å². The van der Waals surface area contributed by atoms with E-state index in [4.69, 9.17) is 0 Å². The molecule has 1 saturated heterocycles. The van der Waals surface area contributed by atoms with Crippen LogP contribution in [0.1, 0.15) is 5.56 Å². The van der Waals surface area contributed by atoms with Gasteiger partial charge in [-0.3, -0.25) is 0 Å². The fourth-order valence-corrected chi connectivity index (χ4v) is 24.6. The SMILES string of the molecule is O=C1NC(=O)C([CH]2C3=[C](S(=O)(=O)c4ccc(F)cc4)[In]2[c]2ccccc23)S1. The van der Waals surface area contributed by atoms with E-state index in [2.05, 4.69) is 5.32 Å². The van der Waals surface area contributed by atoms with E-state index in [1.54, 1.807) is 0 Å². The molecule has 0 aromatic heterocycles. The van der Waals surface area contributed by atoms with E-state index in [0.717, 1.165) is 32.8 Å². The van der Waals surface area contributed by atoms with Gasteiger partial charge in [0.15, 0.2) is 0 Å². The molecule has 4 aliphatic rings. The van der Waals surface area contributed by atoms with Crippen molar-refractivity contribution in [2.24, 2.45) is 0 Å². The van der Waals surface area contributed by atoms with Gasteiger partial charge < -0.3 is 0 Å². The maximum absolute atomic E-state index is 13.3. The first-order valence-corrected chi connectivity index (χ1v) is 15.8. The molecule has 5 nitrogen and oxygen atoms in total. The number of allylic oxidation sites excluding steroid dienone is 1.